The highest BCUT2D eigenvalue weighted by molar-refractivity contribution is 8.15. The van der Waals surface area contributed by atoms with Crippen LogP contribution in [-0.4, -0.2) is 45.6 Å². The largest absolute Gasteiger partial charge is 0.416 e. The van der Waals surface area contributed by atoms with Gasteiger partial charge in [-0.2, -0.15) is 23.3 Å². The molecule has 47 heavy (non-hydrogen) atoms. The first-order chi connectivity index (χ1) is 22.2. The van der Waals surface area contributed by atoms with Crippen molar-refractivity contribution < 1.29 is 27.6 Å². The van der Waals surface area contributed by atoms with Crippen molar-refractivity contribution in [2.45, 2.75) is 39.8 Å². The van der Waals surface area contributed by atoms with Crippen LogP contribution in [0, 0.1) is 13.8 Å². The van der Waals surface area contributed by atoms with Gasteiger partial charge < -0.3 is 10.6 Å². The Labute approximate surface area is 274 Å². The molecule has 0 radical (unpaired) electrons. The number of carbonyl (C=O) groups excluding carboxylic acids is 3. The minimum absolute atomic E-state index is 0.0846. The van der Waals surface area contributed by atoms with Gasteiger partial charge in [0.2, 0.25) is 5.91 Å². The maximum Gasteiger partial charge on any atom is 0.416 e. The highest BCUT2D eigenvalue weighted by Gasteiger charge is 2.34. The second kappa shape index (κ2) is 13.1. The van der Waals surface area contributed by atoms with Gasteiger partial charge in [-0.3, -0.25) is 19.2 Å². The molecule has 2 heterocycles. The summed E-state index contributed by atoms with van der Waals surface area (Å²) in [5, 5.41) is 10.1. The van der Waals surface area contributed by atoms with Crippen molar-refractivity contribution in [3.63, 3.8) is 0 Å². The van der Waals surface area contributed by atoms with Gasteiger partial charge in [0, 0.05) is 42.0 Å². The Morgan fingerprint density at radius 2 is 1.72 bits per heavy atom. The summed E-state index contributed by atoms with van der Waals surface area (Å²) in [7, 11) is 3.01. The molecule has 4 amide bonds. The number of hydrogen-bond acceptors (Lipinski definition) is 5. The molecule has 0 spiro atoms. The Kier molecular flexibility index (Phi) is 9.30. The molecule has 0 unspecified atom stereocenters. The number of aromatic nitrogens is 2. The van der Waals surface area contributed by atoms with Crippen LogP contribution in [0.3, 0.4) is 0 Å². The fourth-order valence-electron chi connectivity index (χ4n) is 5.50. The highest BCUT2D eigenvalue weighted by Crippen LogP contribution is 2.38. The molecule has 2 N–H and O–H groups in total. The minimum atomic E-state index is -4.60. The first-order valence-electron chi connectivity index (χ1n) is 14.7. The number of amidine groups is 1. The number of nitrogens with zero attached hydrogens (tertiary/aromatic N) is 4. The number of aryl methyl sites for hydroxylation is 2. The molecule has 13 heteroatoms. The first-order valence-corrected chi connectivity index (χ1v) is 15.7. The van der Waals surface area contributed by atoms with E-state index in [0.29, 0.717) is 39.1 Å². The van der Waals surface area contributed by atoms with Gasteiger partial charge in [0.1, 0.15) is 0 Å². The number of aliphatic imine (C=N–C) groups is 1. The summed E-state index contributed by atoms with van der Waals surface area (Å²) >= 11 is 1.20. The van der Waals surface area contributed by atoms with Crippen LogP contribution in [0.5, 0.6) is 0 Å². The van der Waals surface area contributed by atoms with Gasteiger partial charge in [0.05, 0.1) is 28.4 Å². The minimum Gasteiger partial charge on any atom is -0.355 e. The van der Waals surface area contributed by atoms with E-state index in [9.17, 15) is 27.6 Å². The summed E-state index contributed by atoms with van der Waals surface area (Å²) in [5.41, 5.74) is 4.48. The Balaban J connectivity index is 1.41. The Bertz CT molecular complexity index is 1920. The van der Waals surface area contributed by atoms with Crippen molar-refractivity contribution in [2.75, 3.05) is 23.0 Å². The number of hydrogen-bond donors (Lipinski definition) is 2. The zero-order valence-electron chi connectivity index (χ0n) is 26.6. The number of carbonyl (C=O) groups is 3. The summed E-state index contributed by atoms with van der Waals surface area (Å²) in [6, 6.07) is 15.0. The van der Waals surface area contributed by atoms with Crippen LogP contribution in [0.15, 0.2) is 65.7 Å². The van der Waals surface area contributed by atoms with Crippen molar-refractivity contribution >= 4 is 46.1 Å². The third-order valence-electron chi connectivity index (χ3n) is 7.78. The molecule has 1 aliphatic rings. The zero-order chi connectivity index (χ0) is 34.2. The number of rotatable bonds is 6. The third-order valence-corrected chi connectivity index (χ3v) is 8.70. The van der Waals surface area contributed by atoms with Crippen molar-refractivity contribution in [3.05, 3.63) is 88.5 Å². The Morgan fingerprint density at radius 3 is 2.36 bits per heavy atom. The summed E-state index contributed by atoms with van der Waals surface area (Å²) < 4.78 is 42.3. The smallest absolute Gasteiger partial charge is 0.355 e. The third kappa shape index (κ3) is 6.80. The predicted octanol–water partition coefficient (Wildman–Crippen LogP) is 7.54. The van der Waals surface area contributed by atoms with E-state index in [0.717, 1.165) is 29.3 Å². The van der Waals surface area contributed by atoms with E-state index in [1.807, 2.05) is 39.0 Å². The molecule has 3 aromatic carbocycles. The van der Waals surface area contributed by atoms with Gasteiger partial charge in [-0.05, 0) is 67.3 Å². The Morgan fingerprint density at radius 1 is 1.02 bits per heavy atom. The fourth-order valence-corrected chi connectivity index (χ4v) is 6.36. The van der Waals surface area contributed by atoms with Crippen LogP contribution in [0.25, 0.3) is 22.5 Å². The molecular formula is C34H33F3N6O3S. The van der Waals surface area contributed by atoms with E-state index < -0.39 is 23.7 Å². The zero-order valence-corrected chi connectivity index (χ0v) is 27.4. The Hall–Kier alpha value is -4.91. The van der Waals surface area contributed by atoms with Crippen LogP contribution >= 0.6 is 11.8 Å². The quantitative estimate of drug-likeness (QED) is 0.222. The summed E-state index contributed by atoms with van der Waals surface area (Å²) in [4.78, 5) is 44.1. The summed E-state index contributed by atoms with van der Waals surface area (Å²) in [6.45, 7) is 7.74. The van der Waals surface area contributed by atoms with Gasteiger partial charge in [0.15, 0.2) is 5.17 Å². The van der Waals surface area contributed by atoms with E-state index in [1.54, 1.807) is 38.2 Å². The van der Waals surface area contributed by atoms with Crippen molar-refractivity contribution in [3.8, 4) is 22.5 Å². The number of amides is 4. The molecule has 0 bridgehead atoms. The number of thioether (sulfide) groups is 1. The molecule has 9 nitrogen and oxygen atoms in total. The van der Waals surface area contributed by atoms with Crippen LogP contribution in [0.2, 0.25) is 0 Å². The monoisotopic (exact) mass is 662 g/mol. The molecule has 0 saturated carbocycles. The molecule has 0 atom stereocenters. The van der Waals surface area contributed by atoms with Crippen LogP contribution in [0.4, 0.5) is 29.3 Å². The van der Waals surface area contributed by atoms with E-state index in [-0.39, 0.29) is 28.7 Å². The average molecular weight is 663 g/mol. The lowest BCUT2D eigenvalue weighted by molar-refractivity contribution is -0.137. The summed E-state index contributed by atoms with van der Waals surface area (Å²) in [5.74, 6) is -0.360. The normalized spacial score (nSPS) is 14.3. The van der Waals surface area contributed by atoms with Gasteiger partial charge in [-0.1, -0.05) is 49.9 Å². The lowest BCUT2D eigenvalue weighted by atomic mass is 9.96. The van der Waals surface area contributed by atoms with Crippen LogP contribution in [0.1, 0.15) is 52.4 Å². The van der Waals surface area contributed by atoms with Gasteiger partial charge >= 0.3 is 12.2 Å². The molecule has 1 aliphatic heterocycles. The molecule has 0 aliphatic carbocycles. The molecule has 1 saturated heterocycles. The van der Waals surface area contributed by atoms with Gasteiger partial charge in [-0.15, -0.1) is 0 Å². The van der Waals surface area contributed by atoms with Crippen LogP contribution in [-0.2, 0) is 18.0 Å². The van der Waals surface area contributed by atoms with E-state index in [2.05, 4.69) is 20.7 Å². The van der Waals surface area contributed by atoms with Gasteiger partial charge in [0.25, 0.3) is 5.91 Å². The van der Waals surface area contributed by atoms with Crippen LogP contribution < -0.4 is 15.5 Å². The van der Waals surface area contributed by atoms with Crippen molar-refractivity contribution in [1.82, 2.24) is 15.1 Å². The number of alkyl halides is 3. The highest BCUT2D eigenvalue weighted by atomic mass is 32.2. The van der Waals surface area contributed by atoms with Crippen molar-refractivity contribution in [2.24, 2.45) is 12.0 Å². The molecule has 5 rings (SSSR count). The van der Waals surface area contributed by atoms with Crippen molar-refractivity contribution in [1.29, 1.82) is 0 Å². The second-order valence-corrected chi connectivity index (χ2v) is 12.4. The van der Waals surface area contributed by atoms with E-state index in [1.165, 1.54) is 28.4 Å². The molecule has 4 aromatic rings. The fraction of sp³-hybridized carbons (Fsp3) is 0.265. The maximum atomic E-state index is 13.6. The van der Waals surface area contributed by atoms with E-state index in [4.69, 9.17) is 0 Å². The topological polar surface area (TPSA) is 109 Å². The SMILES string of the molecule is CNC(=O)c1ccc(C(F)(F)F)cc1-c1c(C)c(-c2ccc(NC(=O)N=C3SCC(=O)N3c3cc(C)ccc3C(C)C)cc2)nn1C. The standard InChI is InChI=1S/C34H33F3N6O3S/c1-18(2)24-13-7-19(3)15-27(24)43-28(44)17-47-33(43)40-32(46)39-23-11-8-21(9-12-23)29-20(4)30(42(6)41-29)26-16-22(34(35,36)37)10-14-25(26)31(45)38-5/h7-16,18H,17H2,1-6H3,(H,38,45)(H,39,46). The number of nitrogens with one attached hydrogen (secondary N) is 2. The first kappa shape index (κ1) is 33.5. The maximum absolute atomic E-state index is 13.6. The lowest BCUT2D eigenvalue weighted by Crippen LogP contribution is -2.31. The lowest BCUT2D eigenvalue weighted by Gasteiger charge is -2.22. The molecular weight excluding hydrogens is 629 g/mol. The molecule has 1 fully saturated rings. The predicted molar refractivity (Wildman–Crippen MR) is 179 cm³/mol. The van der Waals surface area contributed by atoms with Gasteiger partial charge in [-0.25, -0.2) is 4.79 Å². The molecule has 244 valence electrons. The summed E-state index contributed by atoms with van der Waals surface area (Å²) in [6.07, 6.45) is -4.60. The number of anilines is 2. The average Bonchev–Trinajstić information content (AvgIpc) is 3.52. The number of urea groups is 1. The number of benzene rings is 3. The van der Waals surface area contributed by atoms with E-state index >= 15 is 0 Å². The molecule has 1 aromatic heterocycles. The second-order valence-electron chi connectivity index (χ2n) is 11.4. The number of halogens is 3.